The molecule has 1 rings (SSSR count). The lowest BCUT2D eigenvalue weighted by molar-refractivity contribution is 0.106. The third-order valence-electron chi connectivity index (χ3n) is 3.33. The normalized spacial score (nSPS) is 14.7. The number of hydrogen-bond donors (Lipinski definition) is 1. The minimum absolute atomic E-state index is 0.362. The number of methoxy groups -OCH3 is 1. The molecule has 1 aromatic rings. The van der Waals surface area contributed by atoms with Crippen LogP contribution in [0.15, 0.2) is 12.1 Å². The van der Waals surface area contributed by atoms with E-state index >= 15 is 0 Å². The van der Waals surface area contributed by atoms with Crippen molar-refractivity contribution in [1.29, 1.82) is 0 Å². The van der Waals surface area contributed by atoms with Gasteiger partial charge in [0, 0.05) is 22.9 Å². The van der Waals surface area contributed by atoms with Crippen molar-refractivity contribution in [3.05, 3.63) is 21.9 Å². The molecule has 0 bridgehead atoms. The lowest BCUT2D eigenvalue weighted by Gasteiger charge is -2.19. The molecule has 2 unspecified atom stereocenters. The third-order valence-corrected chi connectivity index (χ3v) is 4.58. The molecule has 18 heavy (non-hydrogen) atoms. The monoisotopic (exact) mass is 269 g/mol. The van der Waals surface area contributed by atoms with E-state index in [9.17, 15) is 0 Å². The van der Waals surface area contributed by atoms with E-state index in [1.807, 2.05) is 11.3 Å². The van der Waals surface area contributed by atoms with E-state index in [-0.39, 0.29) is 0 Å². The summed E-state index contributed by atoms with van der Waals surface area (Å²) in [5.74, 6) is 0. The Morgan fingerprint density at radius 3 is 2.50 bits per heavy atom. The zero-order valence-corrected chi connectivity index (χ0v) is 13.0. The predicted octanol–water partition coefficient (Wildman–Crippen LogP) is 3.65. The molecule has 2 nitrogen and oxygen atoms in total. The molecule has 0 saturated heterocycles. The molecule has 0 spiro atoms. The predicted molar refractivity (Wildman–Crippen MR) is 80.6 cm³/mol. The van der Waals surface area contributed by atoms with Gasteiger partial charge in [-0.3, -0.25) is 0 Å². The van der Waals surface area contributed by atoms with E-state index in [0.29, 0.717) is 12.1 Å². The van der Waals surface area contributed by atoms with E-state index in [1.165, 1.54) is 16.2 Å². The van der Waals surface area contributed by atoms with Crippen LogP contribution < -0.4 is 5.32 Å². The van der Waals surface area contributed by atoms with Gasteiger partial charge < -0.3 is 10.1 Å². The van der Waals surface area contributed by atoms with Crippen molar-refractivity contribution < 1.29 is 4.74 Å². The van der Waals surface area contributed by atoms with Crippen LogP contribution in [0.1, 0.15) is 43.4 Å². The number of aryl methyl sites for hydroxylation is 1. The second-order valence-corrected chi connectivity index (χ2v) is 6.06. The number of hydrogen-bond acceptors (Lipinski definition) is 3. The van der Waals surface area contributed by atoms with Crippen LogP contribution in [0.2, 0.25) is 0 Å². The molecule has 0 amide bonds. The summed E-state index contributed by atoms with van der Waals surface area (Å²) in [6, 6.07) is 5.13. The van der Waals surface area contributed by atoms with E-state index < -0.39 is 0 Å². The summed E-state index contributed by atoms with van der Waals surface area (Å²) in [6.45, 7) is 7.58. The maximum absolute atomic E-state index is 5.33. The van der Waals surface area contributed by atoms with Gasteiger partial charge in [0.2, 0.25) is 0 Å². The van der Waals surface area contributed by atoms with Gasteiger partial charge in [-0.1, -0.05) is 13.8 Å². The largest absolute Gasteiger partial charge is 0.382 e. The van der Waals surface area contributed by atoms with Gasteiger partial charge in [-0.2, -0.15) is 0 Å². The summed E-state index contributed by atoms with van der Waals surface area (Å²) in [6.07, 6.45) is 4.97. The van der Waals surface area contributed by atoms with E-state index in [0.717, 1.165) is 25.8 Å². The van der Waals surface area contributed by atoms with Crippen molar-refractivity contribution in [2.45, 2.75) is 58.6 Å². The average Bonchev–Trinajstić information content (AvgIpc) is 2.83. The van der Waals surface area contributed by atoms with Gasteiger partial charge in [-0.25, -0.2) is 0 Å². The highest BCUT2D eigenvalue weighted by Crippen LogP contribution is 2.20. The smallest absolute Gasteiger partial charge is 0.0543 e. The van der Waals surface area contributed by atoms with Crippen LogP contribution in [0.25, 0.3) is 0 Å². The van der Waals surface area contributed by atoms with E-state index in [2.05, 4.69) is 38.2 Å². The second kappa shape index (κ2) is 8.68. The van der Waals surface area contributed by atoms with Gasteiger partial charge in [0.25, 0.3) is 0 Å². The minimum Gasteiger partial charge on any atom is -0.382 e. The first-order valence-corrected chi connectivity index (χ1v) is 7.85. The summed E-state index contributed by atoms with van der Waals surface area (Å²) in [4.78, 5) is 2.99. The number of likely N-dealkylation sites (N-methyl/N-ethyl adjacent to an activating group) is 1. The number of thiophene rings is 1. The van der Waals surface area contributed by atoms with Gasteiger partial charge >= 0.3 is 0 Å². The summed E-state index contributed by atoms with van der Waals surface area (Å²) in [5, 5.41) is 3.59. The summed E-state index contributed by atoms with van der Waals surface area (Å²) >= 11 is 1.96. The Morgan fingerprint density at radius 1 is 1.22 bits per heavy atom. The van der Waals surface area contributed by atoms with Crippen molar-refractivity contribution in [1.82, 2.24) is 5.32 Å². The third kappa shape index (κ3) is 5.51. The Labute approximate surface area is 116 Å². The zero-order chi connectivity index (χ0) is 13.4. The Kier molecular flexibility index (Phi) is 7.56. The van der Waals surface area contributed by atoms with Gasteiger partial charge in [-0.15, -0.1) is 11.3 Å². The van der Waals surface area contributed by atoms with Crippen LogP contribution in [0, 0.1) is 0 Å². The first kappa shape index (κ1) is 15.7. The van der Waals surface area contributed by atoms with Crippen molar-refractivity contribution in [2.24, 2.45) is 0 Å². The standard InChI is InChI=1S/C15H27NOS/c1-5-14-9-10-15(18-14)11-13(16-6-2)8-7-12(3)17-4/h9-10,12-13,16H,5-8,11H2,1-4H3. The topological polar surface area (TPSA) is 21.3 Å². The molecule has 0 saturated carbocycles. The molecule has 1 heterocycles. The van der Waals surface area contributed by atoms with Crippen LogP contribution in [-0.4, -0.2) is 25.8 Å². The molecule has 0 radical (unpaired) electrons. The molecule has 0 aliphatic heterocycles. The highest BCUT2D eigenvalue weighted by atomic mass is 32.1. The molecule has 0 aliphatic carbocycles. The van der Waals surface area contributed by atoms with Crippen molar-refractivity contribution in [3.63, 3.8) is 0 Å². The zero-order valence-electron chi connectivity index (χ0n) is 12.2. The maximum Gasteiger partial charge on any atom is 0.0543 e. The molecule has 0 fully saturated rings. The van der Waals surface area contributed by atoms with Gasteiger partial charge in [0.05, 0.1) is 6.10 Å². The fourth-order valence-electron chi connectivity index (χ4n) is 2.08. The Morgan fingerprint density at radius 2 is 1.94 bits per heavy atom. The molecule has 2 atom stereocenters. The Balaban J connectivity index is 2.45. The van der Waals surface area contributed by atoms with Crippen molar-refractivity contribution in [3.8, 4) is 0 Å². The van der Waals surface area contributed by atoms with Crippen LogP contribution in [-0.2, 0) is 17.6 Å². The van der Waals surface area contributed by atoms with E-state index in [4.69, 9.17) is 4.74 Å². The minimum atomic E-state index is 0.362. The first-order valence-electron chi connectivity index (χ1n) is 7.03. The number of rotatable bonds is 9. The first-order chi connectivity index (χ1) is 8.69. The van der Waals surface area contributed by atoms with Crippen molar-refractivity contribution in [2.75, 3.05) is 13.7 Å². The van der Waals surface area contributed by atoms with Crippen LogP contribution in [0.5, 0.6) is 0 Å². The molecule has 0 aliphatic rings. The number of ether oxygens (including phenoxy) is 1. The van der Waals surface area contributed by atoms with E-state index in [1.54, 1.807) is 7.11 Å². The SMILES string of the molecule is CCNC(CCC(C)OC)Cc1ccc(CC)s1. The lowest BCUT2D eigenvalue weighted by Crippen LogP contribution is -2.31. The van der Waals surface area contributed by atoms with Crippen LogP contribution in [0.4, 0.5) is 0 Å². The summed E-state index contributed by atoms with van der Waals surface area (Å²) < 4.78 is 5.33. The second-order valence-electron chi connectivity index (χ2n) is 4.80. The quantitative estimate of drug-likeness (QED) is 0.739. The number of nitrogens with one attached hydrogen (secondary N) is 1. The lowest BCUT2D eigenvalue weighted by atomic mass is 10.0. The van der Waals surface area contributed by atoms with Crippen LogP contribution in [0.3, 0.4) is 0 Å². The highest BCUT2D eigenvalue weighted by molar-refractivity contribution is 7.11. The van der Waals surface area contributed by atoms with Crippen LogP contribution >= 0.6 is 11.3 Å². The average molecular weight is 269 g/mol. The fourth-order valence-corrected chi connectivity index (χ4v) is 3.12. The highest BCUT2D eigenvalue weighted by Gasteiger charge is 2.11. The molecule has 1 N–H and O–H groups in total. The van der Waals surface area contributed by atoms with Gasteiger partial charge in [0.1, 0.15) is 0 Å². The Hall–Kier alpha value is -0.380. The summed E-state index contributed by atoms with van der Waals surface area (Å²) in [7, 11) is 1.79. The molecule has 0 aromatic carbocycles. The maximum atomic E-state index is 5.33. The molecule has 104 valence electrons. The Bertz CT molecular complexity index is 324. The van der Waals surface area contributed by atoms with Crippen molar-refractivity contribution >= 4 is 11.3 Å². The summed E-state index contributed by atoms with van der Waals surface area (Å²) in [5.41, 5.74) is 0. The molecular formula is C15H27NOS. The van der Waals surface area contributed by atoms with Gasteiger partial charge in [0.15, 0.2) is 0 Å². The molecule has 3 heteroatoms. The van der Waals surface area contributed by atoms with Gasteiger partial charge in [-0.05, 0) is 51.3 Å². The fraction of sp³-hybridized carbons (Fsp3) is 0.733. The molecule has 1 aromatic heterocycles. The molecular weight excluding hydrogens is 242 g/mol.